The van der Waals surface area contributed by atoms with Crippen LogP contribution in [-0.2, 0) is 13.5 Å². The second-order valence-corrected chi connectivity index (χ2v) is 6.30. The number of tetrazole rings is 1. The minimum atomic E-state index is 0.477. The maximum Gasteiger partial charge on any atom is 0.176 e. The van der Waals surface area contributed by atoms with E-state index in [9.17, 15) is 0 Å². The van der Waals surface area contributed by atoms with Crippen LogP contribution in [0, 0.1) is 11.3 Å². The molecule has 1 heterocycles. The maximum atomic E-state index is 4.28. The summed E-state index contributed by atoms with van der Waals surface area (Å²) in [6.07, 6.45) is 6.14. The van der Waals surface area contributed by atoms with Crippen molar-refractivity contribution in [2.24, 2.45) is 18.4 Å². The summed E-state index contributed by atoms with van der Waals surface area (Å²) in [5.41, 5.74) is 0.527. The van der Waals surface area contributed by atoms with Gasteiger partial charge in [0.05, 0.1) is 7.05 Å². The molecule has 1 unspecified atom stereocenters. The summed E-state index contributed by atoms with van der Waals surface area (Å²) in [6.45, 7) is 4.75. The van der Waals surface area contributed by atoms with Gasteiger partial charge in [-0.3, -0.25) is 0 Å². The minimum Gasteiger partial charge on any atom is -0.316 e. The van der Waals surface area contributed by atoms with Crippen molar-refractivity contribution in [2.45, 2.75) is 52.0 Å². The summed E-state index contributed by atoms with van der Waals surface area (Å²) >= 11 is 0. The van der Waals surface area contributed by atoms with Gasteiger partial charge in [-0.1, -0.05) is 13.8 Å². The number of hydrogen-bond acceptors (Lipinski definition) is 4. The van der Waals surface area contributed by atoms with Crippen LogP contribution < -0.4 is 5.32 Å². The maximum absolute atomic E-state index is 4.28. The molecule has 1 aliphatic carbocycles. The lowest BCUT2D eigenvalue weighted by molar-refractivity contribution is 0.163. The number of rotatable bonds is 4. The fourth-order valence-electron chi connectivity index (χ4n) is 2.93. The zero-order chi connectivity index (χ0) is 13.2. The lowest BCUT2D eigenvalue weighted by atomic mass is 9.70. The summed E-state index contributed by atoms with van der Waals surface area (Å²) in [4.78, 5) is 1.53. The first kappa shape index (κ1) is 13.5. The largest absolute Gasteiger partial charge is 0.316 e. The number of nitrogens with zero attached hydrogens (tertiary/aromatic N) is 4. The summed E-state index contributed by atoms with van der Waals surface area (Å²) < 4.78 is 0. The Morgan fingerprint density at radius 2 is 2.06 bits per heavy atom. The van der Waals surface area contributed by atoms with Gasteiger partial charge in [0.15, 0.2) is 5.82 Å². The van der Waals surface area contributed by atoms with Gasteiger partial charge in [-0.05, 0) is 49.3 Å². The normalized spacial score (nSPS) is 22.0. The predicted octanol–water partition coefficient (Wildman–Crippen LogP) is 1.56. The number of likely N-dealkylation sites (N-methyl/N-ethyl adjacent to an activating group) is 1. The minimum absolute atomic E-state index is 0.477. The van der Waals surface area contributed by atoms with Crippen LogP contribution in [0.4, 0.5) is 0 Å². The third kappa shape index (κ3) is 3.28. The van der Waals surface area contributed by atoms with Crippen molar-refractivity contribution < 1.29 is 0 Å². The summed E-state index contributed by atoms with van der Waals surface area (Å²) in [5.74, 6) is 1.59. The van der Waals surface area contributed by atoms with Crippen molar-refractivity contribution in [2.75, 3.05) is 7.05 Å². The molecule has 2 rings (SSSR count). The van der Waals surface area contributed by atoms with Crippen molar-refractivity contribution in [3.63, 3.8) is 0 Å². The Bertz CT molecular complexity index is 374. The highest BCUT2D eigenvalue weighted by Gasteiger charge is 2.31. The third-order valence-corrected chi connectivity index (χ3v) is 4.28. The smallest absolute Gasteiger partial charge is 0.176 e. The van der Waals surface area contributed by atoms with Gasteiger partial charge in [0, 0.05) is 12.5 Å². The first-order valence-electron chi connectivity index (χ1n) is 6.90. The SMILES string of the molecule is CNC(Cc1nnn(C)n1)C1CCC(C)(C)CC1. The Balaban J connectivity index is 1.93. The molecule has 0 aromatic carbocycles. The summed E-state index contributed by atoms with van der Waals surface area (Å²) in [6, 6.07) is 0.477. The van der Waals surface area contributed by atoms with Gasteiger partial charge in [0.2, 0.25) is 0 Å². The van der Waals surface area contributed by atoms with E-state index in [-0.39, 0.29) is 0 Å². The van der Waals surface area contributed by atoms with Crippen LogP contribution in [0.1, 0.15) is 45.4 Å². The first-order chi connectivity index (χ1) is 8.50. The van der Waals surface area contributed by atoms with Gasteiger partial charge in [-0.25, -0.2) is 0 Å². The molecule has 0 bridgehead atoms. The first-order valence-corrected chi connectivity index (χ1v) is 6.90. The molecular weight excluding hydrogens is 226 g/mol. The molecule has 1 atom stereocenters. The molecule has 1 fully saturated rings. The van der Waals surface area contributed by atoms with E-state index in [0.717, 1.165) is 18.2 Å². The van der Waals surface area contributed by atoms with E-state index in [4.69, 9.17) is 0 Å². The molecule has 1 aliphatic rings. The van der Waals surface area contributed by atoms with Crippen LogP contribution in [0.2, 0.25) is 0 Å². The van der Waals surface area contributed by atoms with E-state index in [1.807, 2.05) is 14.1 Å². The van der Waals surface area contributed by atoms with E-state index in [0.29, 0.717) is 11.5 Å². The number of aryl methyl sites for hydroxylation is 1. The Morgan fingerprint density at radius 1 is 1.39 bits per heavy atom. The Hall–Kier alpha value is -0.970. The topological polar surface area (TPSA) is 55.6 Å². The molecule has 1 aromatic rings. The molecule has 0 radical (unpaired) electrons. The highest BCUT2D eigenvalue weighted by Crippen LogP contribution is 2.39. The standard InChI is InChI=1S/C13H25N5/c1-13(2)7-5-10(6-8-13)11(14-3)9-12-15-17-18(4)16-12/h10-11,14H,5-9H2,1-4H3. The van der Waals surface area contributed by atoms with Crippen LogP contribution in [0.3, 0.4) is 0 Å². The number of aromatic nitrogens is 4. The molecule has 0 spiro atoms. The molecule has 5 nitrogen and oxygen atoms in total. The quantitative estimate of drug-likeness (QED) is 0.882. The van der Waals surface area contributed by atoms with Gasteiger partial charge in [-0.15, -0.1) is 10.2 Å². The van der Waals surface area contributed by atoms with Crippen LogP contribution in [0.15, 0.2) is 0 Å². The van der Waals surface area contributed by atoms with E-state index in [1.165, 1.54) is 30.5 Å². The van der Waals surface area contributed by atoms with Crippen molar-refractivity contribution >= 4 is 0 Å². The van der Waals surface area contributed by atoms with Crippen molar-refractivity contribution in [1.82, 2.24) is 25.5 Å². The van der Waals surface area contributed by atoms with Gasteiger partial charge >= 0.3 is 0 Å². The Labute approximate surface area is 109 Å². The molecule has 0 aliphatic heterocycles. The fourth-order valence-corrected chi connectivity index (χ4v) is 2.93. The van der Waals surface area contributed by atoms with E-state index >= 15 is 0 Å². The molecule has 18 heavy (non-hydrogen) atoms. The molecular formula is C13H25N5. The van der Waals surface area contributed by atoms with E-state index < -0.39 is 0 Å². The molecule has 0 saturated heterocycles. The lowest BCUT2D eigenvalue weighted by Gasteiger charge is -2.37. The van der Waals surface area contributed by atoms with Gasteiger partial charge in [0.1, 0.15) is 0 Å². The lowest BCUT2D eigenvalue weighted by Crippen LogP contribution is -2.39. The van der Waals surface area contributed by atoms with E-state index in [2.05, 4.69) is 34.6 Å². The van der Waals surface area contributed by atoms with E-state index in [1.54, 1.807) is 0 Å². The van der Waals surface area contributed by atoms with Crippen molar-refractivity contribution in [1.29, 1.82) is 0 Å². The van der Waals surface area contributed by atoms with Crippen LogP contribution in [0.25, 0.3) is 0 Å². The molecule has 102 valence electrons. The highest BCUT2D eigenvalue weighted by atomic mass is 15.6. The van der Waals surface area contributed by atoms with Crippen LogP contribution >= 0.6 is 0 Å². The average molecular weight is 251 g/mol. The van der Waals surface area contributed by atoms with Crippen molar-refractivity contribution in [3.05, 3.63) is 5.82 Å². The molecule has 1 saturated carbocycles. The zero-order valence-electron chi connectivity index (χ0n) is 12.0. The number of hydrogen-bond donors (Lipinski definition) is 1. The average Bonchev–Trinajstić information content (AvgIpc) is 2.72. The van der Waals surface area contributed by atoms with Gasteiger partial charge < -0.3 is 5.32 Å². The highest BCUT2D eigenvalue weighted by molar-refractivity contribution is 4.91. The summed E-state index contributed by atoms with van der Waals surface area (Å²) in [7, 11) is 3.86. The van der Waals surface area contributed by atoms with Crippen LogP contribution in [-0.4, -0.2) is 33.3 Å². The van der Waals surface area contributed by atoms with Gasteiger partial charge in [0.25, 0.3) is 0 Å². The molecule has 0 amide bonds. The second kappa shape index (κ2) is 5.34. The Kier molecular flexibility index (Phi) is 4.00. The van der Waals surface area contributed by atoms with Crippen LogP contribution in [0.5, 0.6) is 0 Å². The third-order valence-electron chi connectivity index (χ3n) is 4.28. The number of nitrogens with one attached hydrogen (secondary N) is 1. The molecule has 1 N–H and O–H groups in total. The second-order valence-electron chi connectivity index (χ2n) is 6.30. The predicted molar refractivity (Wildman–Crippen MR) is 71.1 cm³/mol. The molecule has 5 heteroatoms. The zero-order valence-corrected chi connectivity index (χ0v) is 12.0. The fraction of sp³-hybridized carbons (Fsp3) is 0.923. The monoisotopic (exact) mass is 251 g/mol. The van der Waals surface area contributed by atoms with Crippen molar-refractivity contribution in [3.8, 4) is 0 Å². The summed E-state index contributed by atoms with van der Waals surface area (Å²) in [5, 5.41) is 15.7. The van der Waals surface area contributed by atoms with Gasteiger partial charge in [-0.2, -0.15) is 4.80 Å². The molecule has 1 aromatic heterocycles. The Morgan fingerprint density at radius 3 is 2.56 bits per heavy atom.